The Morgan fingerprint density at radius 2 is 1.97 bits per heavy atom. The molecule has 6 nitrogen and oxygen atoms in total. The van der Waals surface area contributed by atoms with Gasteiger partial charge in [-0.1, -0.05) is 41.9 Å². The maximum absolute atomic E-state index is 15.2. The van der Waals surface area contributed by atoms with Crippen molar-refractivity contribution in [3.8, 4) is 11.5 Å². The van der Waals surface area contributed by atoms with Crippen LogP contribution < -0.4 is 14.8 Å². The van der Waals surface area contributed by atoms with E-state index in [1.807, 2.05) is 42.5 Å². The van der Waals surface area contributed by atoms with Crippen LogP contribution >= 0.6 is 11.6 Å². The second kappa shape index (κ2) is 7.64. The van der Waals surface area contributed by atoms with Crippen LogP contribution in [0.25, 0.3) is 5.70 Å². The molecule has 164 valence electrons. The van der Waals surface area contributed by atoms with Gasteiger partial charge in [0, 0.05) is 27.3 Å². The van der Waals surface area contributed by atoms with Crippen LogP contribution in [0.3, 0.4) is 0 Å². The number of fused-ring (bicyclic) bond motifs is 3. The number of nitrogens with zero attached hydrogens (tertiary/aromatic N) is 3. The molecule has 3 aromatic carbocycles. The molecular weight excluding hydrogens is 443 g/mol. The largest absolute Gasteiger partial charge is 0.497 e. The summed E-state index contributed by atoms with van der Waals surface area (Å²) in [6.45, 7) is 0. The number of rotatable bonds is 3. The van der Waals surface area contributed by atoms with Gasteiger partial charge in [-0.25, -0.2) is 9.07 Å². The summed E-state index contributed by atoms with van der Waals surface area (Å²) in [7, 11) is 1.62. The molecule has 33 heavy (non-hydrogen) atoms. The number of nitrogens with one attached hydrogen (secondary N) is 1. The number of methoxy groups -OCH3 is 1. The van der Waals surface area contributed by atoms with Crippen LogP contribution in [0.1, 0.15) is 28.8 Å². The molecule has 3 heterocycles. The Balaban J connectivity index is 1.65. The first kappa shape index (κ1) is 19.8. The van der Waals surface area contributed by atoms with E-state index in [4.69, 9.17) is 21.1 Å². The highest BCUT2D eigenvalue weighted by Gasteiger charge is 2.41. The Morgan fingerprint density at radius 1 is 1.09 bits per heavy atom. The molecule has 0 spiro atoms. The molecule has 4 aromatic rings. The third-order valence-corrected chi connectivity index (χ3v) is 6.21. The van der Waals surface area contributed by atoms with Crippen LogP contribution in [0.15, 0.2) is 78.6 Å². The number of hydrogen-bond acceptors (Lipinski definition) is 5. The Labute approximate surface area is 194 Å². The summed E-state index contributed by atoms with van der Waals surface area (Å²) in [6.07, 6.45) is 0.924. The van der Waals surface area contributed by atoms with Crippen LogP contribution in [0.4, 0.5) is 10.3 Å². The minimum atomic E-state index is -0.580. The van der Waals surface area contributed by atoms with Gasteiger partial charge in [-0.2, -0.15) is 10.1 Å². The van der Waals surface area contributed by atoms with Gasteiger partial charge in [0.05, 0.1) is 12.8 Å². The average molecular weight is 461 g/mol. The van der Waals surface area contributed by atoms with Gasteiger partial charge in [0.25, 0.3) is 0 Å². The molecule has 8 heteroatoms. The predicted octanol–water partition coefficient (Wildman–Crippen LogP) is 5.64. The SMILES string of the molecule is COc1cccc(C2Oc3ccc(Cl)cc3C3=C2C(c2ccccc2F)n2ncnc2N3)c1. The van der Waals surface area contributed by atoms with E-state index in [0.29, 0.717) is 28.0 Å². The highest BCUT2D eigenvalue weighted by atomic mass is 35.5. The van der Waals surface area contributed by atoms with E-state index in [1.54, 1.807) is 30.0 Å². The van der Waals surface area contributed by atoms with E-state index in [1.165, 1.54) is 12.4 Å². The van der Waals surface area contributed by atoms with Crippen LogP contribution in [-0.2, 0) is 0 Å². The normalized spacial score (nSPS) is 18.5. The van der Waals surface area contributed by atoms with Crippen molar-refractivity contribution >= 4 is 23.2 Å². The van der Waals surface area contributed by atoms with Crippen molar-refractivity contribution in [1.29, 1.82) is 0 Å². The van der Waals surface area contributed by atoms with Gasteiger partial charge in [-0.3, -0.25) is 0 Å². The Morgan fingerprint density at radius 3 is 2.82 bits per heavy atom. The van der Waals surface area contributed by atoms with Gasteiger partial charge in [-0.05, 0) is 36.4 Å². The van der Waals surface area contributed by atoms with Gasteiger partial charge in [0.15, 0.2) is 0 Å². The number of aromatic nitrogens is 3. The predicted molar refractivity (Wildman–Crippen MR) is 123 cm³/mol. The zero-order valence-electron chi connectivity index (χ0n) is 17.5. The highest BCUT2D eigenvalue weighted by Crippen LogP contribution is 2.51. The molecule has 6 rings (SSSR count). The second-order valence-electron chi connectivity index (χ2n) is 7.82. The minimum Gasteiger partial charge on any atom is -0.497 e. The lowest BCUT2D eigenvalue weighted by Crippen LogP contribution is -2.32. The summed E-state index contributed by atoms with van der Waals surface area (Å²) >= 11 is 6.34. The molecule has 0 fully saturated rings. The van der Waals surface area contributed by atoms with Gasteiger partial charge >= 0.3 is 0 Å². The van der Waals surface area contributed by atoms with Crippen molar-refractivity contribution in [3.63, 3.8) is 0 Å². The molecule has 0 bridgehead atoms. The third-order valence-electron chi connectivity index (χ3n) is 5.97. The maximum atomic E-state index is 15.2. The molecule has 1 N–H and O–H groups in total. The summed E-state index contributed by atoms with van der Waals surface area (Å²) in [5.74, 6) is 1.55. The molecule has 0 saturated carbocycles. The highest BCUT2D eigenvalue weighted by molar-refractivity contribution is 6.30. The minimum absolute atomic E-state index is 0.334. The first-order valence-electron chi connectivity index (χ1n) is 10.4. The standard InChI is InChI=1S/C25H18ClFN4O2/c1-32-16-6-4-5-14(11-16)24-21-22(18-12-15(26)9-10-20(18)33-24)30-25-28-13-29-31(25)23(21)17-7-2-3-8-19(17)27/h2-13,23-24H,1H3,(H,28,29,30). The third kappa shape index (κ3) is 3.15. The number of ether oxygens (including phenoxy) is 2. The Kier molecular flexibility index (Phi) is 4.58. The topological polar surface area (TPSA) is 61.2 Å². The van der Waals surface area contributed by atoms with E-state index in [2.05, 4.69) is 15.4 Å². The summed E-state index contributed by atoms with van der Waals surface area (Å²) in [5, 5.41) is 8.37. The van der Waals surface area contributed by atoms with Crippen molar-refractivity contribution in [2.75, 3.05) is 12.4 Å². The van der Waals surface area contributed by atoms with Crippen molar-refractivity contribution < 1.29 is 13.9 Å². The van der Waals surface area contributed by atoms with Gasteiger partial charge in [0.2, 0.25) is 5.95 Å². The van der Waals surface area contributed by atoms with E-state index in [-0.39, 0.29) is 5.82 Å². The molecule has 0 radical (unpaired) electrons. The molecular formula is C25H18ClFN4O2. The summed E-state index contributed by atoms with van der Waals surface area (Å²) in [4.78, 5) is 4.36. The Hall–Kier alpha value is -3.84. The number of halogens is 2. The van der Waals surface area contributed by atoms with E-state index in [9.17, 15) is 0 Å². The molecule has 0 amide bonds. The maximum Gasteiger partial charge on any atom is 0.226 e. The van der Waals surface area contributed by atoms with Gasteiger partial charge in [0.1, 0.15) is 35.8 Å². The summed E-state index contributed by atoms with van der Waals surface area (Å²) in [6, 6.07) is 19.2. The van der Waals surface area contributed by atoms with Crippen molar-refractivity contribution in [1.82, 2.24) is 14.8 Å². The fourth-order valence-corrected chi connectivity index (χ4v) is 4.69. The first-order chi connectivity index (χ1) is 16.1. The summed E-state index contributed by atoms with van der Waals surface area (Å²) in [5.41, 5.74) is 3.71. The second-order valence-corrected chi connectivity index (χ2v) is 8.26. The first-order valence-corrected chi connectivity index (χ1v) is 10.8. The average Bonchev–Trinajstić information content (AvgIpc) is 3.31. The molecule has 2 unspecified atom stereocenters. The van der Waals surface area contributed by atoms with E-state index < -0.39 is 12.1 Å². The molecule has 2 aliphatic rings. The monoisotopic (exact) mass is 460 g/mol. The quantitative estimate of drug-likeness (QED) is 0.428. The summed E-state index contributed by atoms with van der Waals surface area (Å²) < 4.78 is 28.8. The zero-order valence-corrected chi connectivity index (χ0v) is 18.3. The van der Waals surface area contributed by atoms with E-state index >= 15 is 4.39 Å². The van der Waals surface area contributed by atoms with Crippen molar-refractivity contribution in [2.45, 2.75) is 12.1 Å². The molecule has 2 atom stereocenters. The fourth-order valence-electron chi connectivity index (χ4n) is 4.52. The van der Waals surface area contributed by atoms with Gasteiger partial charge < -0.3 is 14.8 Å². The number of hydrogen-bond donors (Lipinski definition) is 1. The van der Waals surface area contributed by atoms with Crippen LogP contribution in [-0.4, -0.2) is 21.9 Å². The molecule has 0 aliphatic carbocycles. The lowest BCUT2D eigenvalue weighted by atomic mass is 9.84. The molecule has 2 aliphatic heterocycles. The number of benzene rings is 3. The van der Waals surface area contributed by atoms with Crippen molar-refractivity contribution in [2.24, 2.45) is 0 Å². The lowest BCUT2D eigenvalue weighted by Gasteiger charge is -2.39. The zero-order chi connectivity index (χ0) is 22.5. The fraction of sp³-hybridized carbons (Fsp3) is 0.120. The van der Waals surface area contributed by atoms with E-state index in [0.717, 1.165) is 22.4 Å². The molecule has 1 aromatic heterocycles. The number of anilines is 1. The smallest absolute Gasteiger partial charge is 0.226 e. The van der Waals surface area contributed by atoms with Crippen LogP contribution in [0.2, 0.25) is 5.02 Å². The van der Waals surface area contributed by atoms with Crippen LogP contribution in [0, 0.1) is 5.82 Å². The Bertz CT molecular complexity index is 1420. The van der Waals surface area contributed by atoms with Gasteiger partial charge in [-0.15, -0.1) is 0 Å². The lowest BCUT2D eigenvalue weighted by molar-refractivity contribution is 0.222. The van der Waals surface area contributed by atoms with Crippen molar-refractivity contribution in [3.05, 3.63) is 106 Å². The van der Waals surface area contributed by atoms with Crippen LogP contribution in [0.5, 0.6) is 11.5 Å². The molecule has 0 saturated heterocycles.